The van der Waals surface area contributed by atoms with Gasteiger partial charge in [-0.1, -0.05) is 35.9 Å². The molecule has 6 nitrogen and oxygen atoms in total. The number of rotatable bonds is 7. The van der Waals surface area contributed by atoms with Crippen LogP contribution in [0.4, 0.5) is 0 Å². The summed E-state index contributed by atoms with van der Waals surface area (Å²) in [5.74, 6) is -1.15. The number of ketones is 1. The third-order valence-corrected chi connectivity index (χ3v) is 5.34. The molecule has 1 unspecified atom stereocenters. The van der Waals surface area contributed by atoms with Crippen molar-refractivity contribution < 1.29 is 19.4 Å². The van der Waals surface area contributed by atoms with Gasteiger partial charge in [0.05, 0.1) is 24.3 Å². The van der Waals surface area contributed by atoms with Gasteiger partial charge in [0.2, 0.25) is 0 Å². The van der Waals surface area contributed by atoms with Crippen molar-refractivity contribution in [2.75, 3.05) is 34.3 Å². The maximum atomic E-state index is 13.0. The van der Waals surface area contributed by atoms with Crippen molar-refractivity contribution in [2.45, 2.75) is 12.5 Å². The van der Waals surface area contributed by atoms with Crippen molar-refractivity contribution in [1.82, 2.24) is 9.80 Å². The van der Waals surface area contributed by atoms with Gasteiger partial charge < -0.3 is 19.6 Å². The number of aliphatic hydroxyl groups is 1. The Labute approximate surface area is 181 Å². The molecule has 1 N–H and O–H groups in total. The Bertz CT molecular complexity index is 969. The number of hydrogen-bond donors (Lipinski definition) is 1. The summed E-state index contributed by atoms with van der Waals surface area (Å²) in [5, 5.41) is 11.7. The van der Waals surface area contributed by atoms with Gasteiger partial charge in [-0.05, 0) is 56.9 Å². The molecule has 0 radical (unpaired) electrons. The fraction of sp³-hybridized carbons (Fsp3) is 0.304. The topological polar surface area (TPSA) is 70.1 Å². The van der Waals surface area contributed by atoms with Crippen LogP contribution in [0.1, 0.15) is 23.6 Å². The monoisotopic (exact) mass is 428 g/mol. The fourth-order valence-electron chi connectivity index (χ4n) is 3.64. The zero-order chi connectivity index (χ0) is 21.8. The first kappa shape index (κ1) is 21.9. The van der Waals surface area contributed by atoms with Gasteiger partial charge in [0.1, 0.15) is 11.5 Å². The number of methoxy groups -OCH3 is 1. The Balaban J connectivity index is 2.12. The first-order chi connectivity index (χ1) is 14.3. The molecule has 30 heavy (non-hydrogen) atoms. The summed E-state index contributed by atoms with van der Waals surface area (Å²) in [4.78, 5) is 29.4. The highest BCUT2D eigenvalue weighted by atomic mass is 35.5. The van der Waals surface area contributed by atoms with Gasteiger partial charge in [0.25, 0.3) is 11.7 Å². The minimum absolute atomic E-state index is 0.0525. The fourth-order valence-corrected chi connectivity index (χ4v) is 3.77. The van der Waals surface area contributed by atoms with E-state index in [0.29, 0.717) is 34.9 Å². The van der Waals surface area contributed by atoms with Gasteiger partial charge in [-0.25, -0.2) is 0 Å². The number of aliphatic hydroxyl groups excluding tert-OH is 1. The number of likely N-dealkylation sites (tertiary alicyclic amines) is 1. The summed E-state index contributed by atoms with van der Waals surface area (Å²) in [7, 11) is 5.39. The van der Waals surface area contributed by atoms with Crippen molar-refractivity contribution in [3.63, 3.8) is 0 Å². The highest BCUT2D eigenvalue weighted by Crippen LogP contribution is 2.41. The van der Waals surface area contributed by atoms with E-state index in [1.165, 1.54) is 12.0 Å². The van der Waals surface area contributed by atoms with Crippen LogP contribution in [0, 0.1) is 0 Å². The lowest BCUT2D eigenvalue weighted by Crippen LogP contribution is -2.32. The quantitative estimate of drug-likeness (QED) is 0.413. The van der Waals surface area contributed by atoms with E-state index in [2.05, 4.69) is 0 Å². The molecule has 1 amide bonds. The number of carbonyl (C=O) groups excluding carboxylic acids is 2. The SMILES string of the molecule is COc1ccccc1/C(O)=C1\C(=O)C(=O)N(CCCN(C)C)C1c1ccc(Cl)cc1. The molecule has 2 aromatic rings. The predicted octanol–water partition coefficient (Wildman–Crippen LogP) is 3.72. The Hall–Kier alpha value is -2.83. The molecule has 1 fully saturated rings. The number of Topliss-reactive ketones (excluding diaryl/α,β-unsaturated/α-hetero) is 1. The molecule has 0 spiro atoms. The average Bonchev–Trinajstić information content (AvgIpc) is 2.98. The molecule has 0 aromatic heterocycles. The summed E-state index contributed by atoms with van der Waals surface area (Å²) in [6.45, 7) is 1.15. The average molecular weight is 429 g/mol. The molecule has 1 saturated heterocycles. The van der Waals surface area contributed by atoms with E-state index in [1.54, 1.807) is 48.5 Å². The van der Waals surface area contributed by atoms with Crippen LogP contribution in [0.25, 0.3) is 5.76 Å². The van der Waals surface area contributed by atoms with Crippen molar-refractivity contribution in [3.8, 4) is 5.75 Å². The Morgan fingerprint density at radius 1 is 1.13 bits per heavy atom. The van der Waals surface area contributed by atoms with Crippen LogP contribution >= 0.6 is 11.6 Å². The van der Waals surface area contributed by atoms with Crippen molar-refractivity contribution in [2.24, 2.45) is 0 Å². The minimum atomic E-state index is -0.705. The molecule has 1 aliphatic heterocycles. The van der Waals surface area contributed by atoms with E-state index < -0.39 is 17.7 Å². The van der Waals surface area contributed by atoms with E-state index in [4.69, 9.17) is 16.3 Å². The van der Waals surface area contributed by atoms with Crippen LogP contribution in [0.5, 0.6) is 5.75 Å². The molecule has 3 rings (SSSR count). The van der Waals surface area contributed by atoms with Crippen molar-refractivity contribution in [1.29, 1.82) is 0 Å². The van der Waals surface area contributed by atoms with Crippen LogP contribution in [0.3, 0.4) is 0 Å². The summed E-state index contributed by atoms with van der Waals surface area (Å²) >= 11 is 6.03. The van der Waals surface area contributed by atoms with Gasteiger partial charge >= 0.3 is 0 Å². The smallest absolute Gasteiger partial charge is 0.295 e. The summed E-state index contributed by atoms with van der Waals surface area (Å²) < 4.78 is 5.34. The summed E-state index contributed by atoms with van der Waals surface area (Å²) in [5.41, 5.74) is 1.13. The van der Waals surface area contributed by atoms with Crippen LogP contribution in [-0.4, -0.2) is 60.9 Å². The predicted molar refractivity (Wildman–Crippen MR) is 117 cm³/mol. The number of carbonyl (C=O) groups is 2. The molecule has 0 saturated carbocycles. The first-order valence-electron chi connectivity index (χ1n) is 9.67. The molecule has 2 aromatic carbocycles. The largest absolute Gasteiger partial charge is 0.507 e. The van der Waals surface area contributed by atoms with Crippen LogP contribution in [-0.2, 0) is 9.59 Å². The summed E-state index contributed by atoms with van der Waals surface area (Å²) in [6.07, 6.45) is 0.693. The van der Waals surface area contributed by atoms with Crippen molar-refractivity contribution >= 4 is 29.1 Å². The number of ether oxygens (including phenoxy) is 1. The maximum absolute atomic E-state index is 13.0. The molecule has 7 heteroatoms. The van der Waals surface area contributed by atoms with Gasteiger partial charge in [-0.15, -0.1) is 0 Å². The van der Waals surface area contributed by atoms with E-state index in [9.17, 15) is 14.7 Å². The number of para-hydroxylation sites is 1. The van der Waals surface area contributed by atoms with Crippen molar-refractivity contribution in [3.05, 3.63) is 70.3 Å². The van der Waals surface area contributed by atoms with Crippen LogP contribution < -0.4 is 4.74 Å². The van der Waals surface area contributed by atoms with E-state index in [-0.39, 0.29) is 11.3 Å². The third kappa shape index (κ3) is 4.35. The molecule has 1 aliphatic rings. The maximum Gasteiger partial charge on any atom is 0.295 e. The molecular formula is C23H25ClN2O4. The standard InChI is InChI=1S/C23H25ClN2O4/c1-25(2)13-6-14-26-20(15-9-11-16(24)12-10-15)19(22(28)23(26)29)21(27)17-7-4-5-8-18(17)30-3/h4-5,7-12,20,27H,6,13-14H2,1-3H3/b21-19+. The number of halogens is 1. The molecule has 0 bridgehead atoms. The number of benzene rings is 2. The van der Waals surface area contributed by atoms with E-state index in [0.717, 1.165) is 6.54 Å². The van der Waals surface area contributed by atoms with Gasteiger partial charge in [0, 0.05) is 11.6 Å². The molecular weight excluding hydrogens is 404 g/mol. The number of nitrogens with zero attached hydrogens (tertiary/aromatic N) is 2. The normalized spacial score (nSPS) is 18.3. The lowest BCUT2D eigenvalue weighted by atomic mass is 9.95. The lowest BCUT2D eigenvalue weighted by molar-refractivity contribution is -0.139. The zero-order valence-electron chi connectivity index (χ0n) is 17.3. The number of hydrogen-bond acceptors (Lipinski definition) is 5. The highest BCUT2D eigenvalue weighted by Gasteiger charge is 2.46. The summed E-state index contributed by atoms with van der Waals surface area (Å²) in [6, 6.07) is 13.1. The molecule has 158 valence electrons. The molecule has 0 aliphatic carbocycles. The Morgan fingerprint density at radius 2 is 1.80 bits per heavy atom. The zero-order valence-corrected chi connectivity index (χ0v) is 18.0. The molecule has 1 heterocycles. The minimum Gasteiger partial charge on any atom is -0.507 e. The van der Waals surface area contributed by atoms with Crippen LogP contribution in [0.2, 0.25) is 5.02 Å². The highest BCUT2D eigenvalue weighted by molar-refractivity contribution is 6.46. The number of amides is 1. The third-order valence-electron chi connectivity index (χ3n) is 5.09. The Kier molecular flexibility index (Phi) is 6.80. The van der Waals surface area contributed by atoms with E-state index in [1.807, 2.05) is 19.0 Å². The first-order valence-corrected chi connectivity index (χ1v) is 10.0. The second-order valence-corrected chi connectivity index (χ2v) is 7.84. The Morgan fingerprint density at radius 3 is 2.43 bits per heavy atom. The van der Waals surface area contributed by atoms with Gasteiger partial charge in [-0.3, -0.25) is 9.59 Å². The lowest BCUT2D eigenvalue weighted by Gasteiger charge is -2.26. The van der Waals surface area contributed by atoms with Gasteiger partial charge in [-0.2, -0.15) is 0 Å². The van der Waals surface area contributed by atoms with Crippen LogP contribution in [0.15, 0.2) is 54.1 Å². The second kappa shape index (κ2) is 9.32. The van der Waals surface area contributed by atoms with Gasteiger partial charge in [0.15, 0.2) is 0 Å². The molecule has 1 atom stereocenters. The van der Waals surface area contributed by atoms with E-state index >= 15 is 0 Å². The second-order valence-electron chi connectivity index (χ2n) is 7.40.